The number of aliphatic hydroxyl groups is 2. The third-order valence-electron chi connectivity index (χ3n) is 18.3. The van der Waals surface area contributed by atoms with E-state index in [1.807, 2.05) is 0 Å². The van der Waals surface area contributed by atoms with Crippen molar-refractivity contribution in [1.29, 1.82) is 0 Å². The van der Waals surface area contributed by atoms with E-state index in [0.29, 0.717) is 25.9 Å². The zero-order valence-corrected chi connectivity index (χ0v) is 56.7. The first-order valence-corrected chi connectivity index (χ1v) is 38.4. The lowest BCUT2D eigenvalue weighted by molar-refractivity contribution is -0.143. The van der Waals surface area contributed by atoms with Crippen molar-refractivity contribution < 1.29 is 24.5 Å². The number of allylic oxidation sites excluding steroid dienone is 2. The van der Waals surface area contributed by atoms with Crippen LogP contribution in [0.2, 0.25) is 0 Å². The number of hydrogen-bond donors (Lipinski definition) is 3. The van der Waals surface area contributed by atoms with Crippen LogP contribution in [0.5, 0.6) is 0 Å². The molecule has 1 amide bonds. The Labute approximate surface area is 520 Å². The van der Waals surface area contributed by atoms with Crippen LogP contribution in [0.3, 0.4) is 0 Å². The number of ether oxygens (including phenoxy) is 1. The van der Waals surface area contributed by atoms with Gasteiger partial charge in [-0.1, -0.05) is 392 Å². The van der Waals surface area contributed by atoms with E-state index in [1.54, 1.807) is 0 Å². The number of carbonyl (C=O) groups excluding carboxylic acids is 2. The minimum absolute atomic E-state index is 0.0205. The van der Waals surface area contributed by atoms with Crippen LogP contribution in [0.4, 0.5) is 0 Å². The average Bonchev–Trinajstić information content (AvgIpc) is 3.49. The van der Waals surface area contributed by atoms with Crippen molar-refractivity contribution in [3.05, 3.63) is 12.2 Å². The van der Waals surface area contributed by atoms with Crippen molar-refractivity contribution in [2.45, 2.75) is 456 Å². The Hall–Kier alpha value is -1.40. The fraction of sp³-hybridized carbons (Fsp3) is 0.948. The molecular weight excluding hydrogens is 1020 g/mol. The Balaban J connectivity index is 3.35. The molecule has 0 aliphatic heterocycles. The zero-order valence-electron chi connectivity index (χ0n) is 56.7. The second-order valence-corrected chi connectivity index (χ2v) is 26.7. The van der Waals surface area contributed by atoms with Crippen molar-refractivity contribution in [2.24, 2.45) is 0 Å². The zero-order chi connectivity index (χ0) is 59.9. The van der Waals surface area contributed by atoms with E-state index in [9.17, 15) is 19.8 Å². The largest absolute Gasteiger partial charge is 0.466 e. The highest BCUT2D eigenvalue weighted by molar-refractivity contribution is 5.76. The molecule has 0 bridgehead atoms. The van der Waals surface area contributed by atoms with Crippen LogP contribution < -0.4 is 5.32 Å². The molecule has 0 spiro atoms. The Bertz CT molecular complexity index is 1260. The van der Waals surface area contributed by atoms with E-state index < -0.39 is 12.1 Å². The summed E-state index contributed by atoms with van der Waals surface area (Å²) in [6.07, 6.45) is 91.5. The summed E-state index contributed by atoms with van der Waals surface area (Å²) in [6.45, 7) is 5.00. The average molecular weight is 1170 g/mol. The van der Waals surface area contributed by atoms with Crippen molar-refractivity contribution in [1.82, 2.24) is 5.32 Å². The molecule has 0 aliphatic carbocycles. The number of nitrogens with one attached hydrogen (secondary N) is 1. The van der Waals surface area contributed by atoms with E-state index in [4.69, 9.17) is 4.74 Å². The van der Waals surface area contributed by atoms with Crippen molar-refractivity contribution in [3.8, 4) is 0 Å². The molecule has 2 unspecified atom stereocenters. The van der Waals surface area contributed by atoms with E-state index in [0.717, 1.165) is 38.5 Å². The molecule has 0 fully saturated rings. The number of aliphatic hydroxyl groups excluding tert-OH is 2. The van der Waals surface area contributed by atoms with E-state index in [-0.39, 0.29) is 18.5 Å². The molecule has 0 aliphatic rings. The molecular formula is C77H151NO5. The fourth-order valence-electron chi connectivity index (χ4n) is 12.5. The van der Waals surface area contributed by atoms with Crippen LogP contribution in [-0.4, -0.2) is 47.4 Å². The Morgan fingerprint density at radius 2 is 0.566 bits per heavy atom. The molecule has 6 heteroatoms. The smallest absolute Gasteiger partial charge is 0.305 e. The first kappa shape index (κ1) is 81.6. The first-order valence-electron chi connectivity index (χ1n) is 38.4. The van der Waals surface area contributed by atoms with Crippen molar-refractivity contribution >= 4 is 11.9 Å². The number of carbonyl (C=O) groups is 2. The second kappa shape index (κ2) is 73.1. The Morgan fingerprint density at radius 1 is 0.325 bits per heavy atom. The SMILES string of the molecule is CCCCCCCCCCCCCCCCCCCCCCCC(O)C(CO)NC(=O)CCCCCCCCCCCCCCCCCCC/C=C\CCCCCCCCCCCCCCOC(=O)CCCCCCCCCCCCCC. The van der Waals surface area contributed by atoms with Gasteiger partial charge >= 0.3 is 5.97 Å². The minimum Gasteiger partial charge on any atom is -0.466 e. The highest BCUT2D eigenvalue weighted by atomic mass is 16.5. The van der Waals surface area contributed by atoms with E-state index in [1.165, 1.54) is 372 Å². The van der Waals surface area contributed by atoms with Gasteiger partial charge in [-0.25, -0.2) is 0 Å². The molecule has 6 nitrogen and oxygen atoms in total. The van der Waals surface area contributed by atoms with Crippen LogP contribution in [-0.2, 0) is 14.3 Å². The van der Waals surface area contributed by atoms with Crippen LogP contribution in [0.1, 0.15) is 444 Å². The lowest BCUT2D eigenvalue weighted by atomic mass is 10.0. The normalized spacial score (nSPS) is 12.5. The summed E-state index contributed by atoms with van der Waals surface area (Å²) in [7, 11) is 0. The highest BCUT2D eigenvalue weighted by Gasteiger charge is 2.20. The number of rotatable bonds is 73. The fourth-order valence-corrected chi connectivity index (χ4v) is 12.5. The summed E-state index contributed by atoms with van der Waals surface area (Å²) in [5.74, 6) is -0.00589. The standard InChI is InChI=1S/C77H151NO5/c1-3-5-7-9-11-13-15-17-18-19-20-34-37-40-43-46-49-53-57-61-65-69-75(80)74(73-79)78-76(81)70-66-62-58-54-50-47-44-41-38-35-32-30-28-26-24-22-21-23-25-27-29-31-33-36-39-42-45-48-52-56-60-64-68-72-83-77(82)71-67-63-59-55-51-16-14-12-10-8-6-4-2/h25,27,74-75,79-80H,3-24,26,28-73H2,1-2H3,(H,78,81)/b27-25-. The van der Waals surface area contributed by atoms with Gasteiger partial charge in [0.1, 0.15) is 0 Å². The van der Waals surface area contributed by atoms with Crippen LogP contribution >= 0.6 is 0 Å². The van der Waals surface area contributed by atoms with Gasteiger partial charge in [0.15, 0.2) is 0 Å². The summed E-state index contributed by atoms with van der Waals surface area (Å²) in [4.78, 5) is 24.6. The van der Waals surface area contributed by atoms with Crippen molar-refractivity contribution in [2.75, 3.05) is 13.2 Å². The summed E-state index contributed by atoms with van der Waals surface area (Å²) < 4.78 is 5.49. The summed E-state index contributed by atoms with van der Waals surface area (Å²) in [6, 6.07) is -0.539. The minimum atomic E-state index is -0.662. The van der Waals surface area contributed by atoms with E-state index in [2.05, 4.69) is 31.3 Å². The first-order chi connectivity index (χ1) is 41.0. The van der Waals surface area contributed by atoms with Gasteiger partial charge in [-0.05, 0) is 51.4 Å². The molecule has 0 rings (SSSR count). The van der Waals surface area contributed by atoms with Gasteiger partial charge in [0.05, 0.1) is 25.4 Å². The second-order valence-electron chi connectivity index (χ2n) is 26.7. The molecule has 0 aromatic heterocycles. The number of esters is 1. The third kappa shape index (κ3) is 69.6. The van der Waals surface area contributed by atoms with Gasteiger partial charge in [-0.2, -0.15) is 0 Å². The van der Waals surface area contributed by atoms with Gasteiger partial charge in [0.25, 0.3) is 0 Å². The molecule has 0 saturated heterocycles. The number of unbranched alkanes of at least 4 members (excludes halogenated alkanes) is 60. The molecule has 0 saturated carbocycles. The molecule has 0 aromatic carbocycles. The summed E-state index contributed by atoms with van der Waals surface area (Å²) >= 11 is 0. The molecule has 83 heavy (non-hydrogen) atoms. The molecule has 2 atom stereocenters. The van der Waals surface area contributed by atoms with Gasteiger partial charge in [-0.3, -0.25) is 9.59 Å². The van der Waals surface area contributed by atoms with Gasteiger partial charge < -0.3 is 20.3 Å². The maximum Gasteiger partial charge on any atom is 0.305 e. The van der Waals surface area contributed by atoms with Gasteiger partial charge in [0, 0.05) is 12.8 Å². The summed E-state index contributed by atoms with van der Waals surface area (Å²) in [5.41, 5.74) is 0. The molecule has 0 heterocycles. The maximum absolute atomic E-state index is 12.6. The molecule has 3 N–H and O–H groups in total. The predicted molar refractivity (Wildman–Crippen MR) is 366 cm³/mol. The predicted octanol–water partition coefficient (Wildman–Crippen LogP) is 25.1. The molecule has 494 valence electrons. The lowest BCUT2D eigenvalue weighted by Gasteiger charge is -2.22. The molecule has 0 radical (unpaired) electrons. The Kier molecular flexibility index (Phi) is 71.8. The lowest BCUT2D eigenvalue weighted by Crippen LogP contribution is -2.45. The Morgan fingerprint density at radius 3 is 0.855 bits per heavy atom. The van der Waals surface area contributed by atoms with E-state index >= 15 is 0 Å². The third-order valence-corrected chi connectivity index (χ3v) is 18.3. The van der Waals surface area contributed by atoms with Gasteiger partial charge in [-0.15, -0.1) is 0 Å². The summed E-state index contributed by atoms with van der Waals surface area (Å²) in [5, 5.41) is 23.4. The van der Waals surface area contributed by atoms with Crippen LogP contribution in [0, 0.1) is 0 Å². The molecule has 0 aromatic rings. The highest BCUT2D eigenvalue weighted by Crippen LogP contribution is 2.20. The van der Waals surface area contributed by atoms with Crippen LogP contribution in [0.15, 0.2) is 12.2 Å². The monoisotopic (exact) mass is 1170 g/mol. The number of amides is 1. The maximum atomic E-state index is 12.6. The van der Waals surface area contributed by atoms with Crippen molar-refractivity contribution in [3.63, 3.8) is 0 Å². The number of hydrogen-bond acceptors (Lipinski definition) is 5. The van der Waals surface area contributed by atoms with Gasteiger partial charge in [0.2, 0.25) is 5.91 Å². The quantitative estimate of drug-likeness (QED) is 0.0320. The van der Waals surface area contributed by atoms with Crippen LogP contribution in [0.25, 0.3) is 0 Å². The topological polar surface area (TPSA) is 95.9 Å².